The van der Waals surface area contributed by atoms with Gasteiger partial charge in [0.1, 0.15) is 5.60 Å². The highest BCUT2D eigenvalue weighted by Crippen LogP contribution is 2.43. The van der Waals surface area contributed by atoms with Crippen LogP contribution in [0.1, 0.15) is 64.2 Å². The van der Waals surface area contributed by atoms with Crippen LogP contribution >= 0.6 is 11.8 Å². The summed E-state index contributed by atoms with van der Waals surface area (Å²) in [5.41, 5.74) is 9.96. The van der Waals surface area contributed by atoms with Crippen molar-refractivity contribution in [1.82, 2.24) is 10.2 Å². The molecule has 35 heavy (non-hydrogen) atoms. The lowest BCUT2D eigenvalue weighted by atomic mass is 9.78. The number of rotatable bonds is 6. The number of esters is 1. The van der Waals surface area contributed by atoms with Gasteiger partial charge in [0.2, 0.25) is 0 Å². The quantitative estimate of drug-likeness (QED) is 0.258. The van der Waals surface area contributed by atoms with Gasteiger partial charge >= 0.3 is 5.97 Å². The second-order valence-electron chi connectivity index (χ2n) is 11.0. The summed E-state index contributed by atoms with van der Waals surface area (Å²) in [6.07, 6.45) is 3.31. The smallest absolute Gasteiger partial charge is 0.327 e. The third-order valence-electron chi connectivity index (χ3n) is 7.15. The Morgan fingerprint density at radius 2 is 2.00 bits per heavy atom. The predicted octanol–water partition coefficient (Wildman–Crippen LogP) is 5.76. The van der Waals surface area contributed by atoms with Crippen LogP contribution in [0.2, 0.25) is 0 Å². The van der Waals surface area contributed by atoms with Crippen LogP contribution in [0.25, 0.3) is 10.9 Å². The van der Waals surface area contributed by atoms with Crippen molar-refractivity contribution in [1.29, 1.82) is 0 Å². The predicted molar refractivity (Wildman–Crippen MR) is 142 cm³/mol. The van der Waals surface area contributed by atoms with E-state index in [2.05, 4.69) is 37.0 Å². The second-order valence-corrected chi connectivity index (χ2v) is 12.1. The number of aryl methyl sites for hydroxylation is 2. The minimum absolute atomic E-state index is 0.00815. The van der Waals surface area contributed by atoms with Gasteiger partial charge < -0.3 is 10.5 Å². The second kappa shape index (κ2) is 9.34. The van der Waals surface area contributed by atoms with E-state index < -0.39 is 16.8 Å². The number of hydrogen-bond acceptors (Lipinski definition) is 6. The molecule has 0 bridgehead atoms. The zero-order valence-electron chi connectivity index (χ0n) is 21.4. The first kappa shape index (κ1) is 25.3. The van der Waals surface area contributed by atoms with E-state index in [-0.39, 0.29) is 23.5 Å². The van der Waals surface area contributed by atoms with Crippen molar-refractivity contribution in [3.8, 4) is 0 Å². The molecule has 1 aliphatic rings. The standard InChI is InChI=1S/C28H35N3O3S/c1-16(2)28(11-10-18-8-7-9-22-19(18)15-30-31-22)14-23(32)25(26(33)34-28)35-24-12-17(3)21(29)13-20(24)27(4,5)6/h7-9,12-13,15-16,25H,10-11,14,29H2,1-6H3,(H,30,31). The number of thioether (sulfide) groups is 1. The number of nitrogen functional groups attached to an aromatic ring is 1. The molecule has 2 atom stereocenters. The van der Waals surface area contributed by atoms with E-state index in [9.17, 15) is 9.59 Å². The number of hydrogen-bond donors (Lipinski definition) is 2. The van der Waals surface area contributed by atoms with Crippen LogP contribution in [-0.4, -0.2) is 32.8 Å². The van der Waals surface area contributed by atoms with Crippen LogP contribution in [0.4, 0.5) is 5.69 Å². The Hall–Kier alpha value is -2.80. The first-order valence-corrected chi connectivity index (χ1v) is 13.0. The molecule has 2 aromatic carbocycles. The van der Waals surface area contributed by atoms with Crippen LogP contribution in [0.3, 0.4) is 0 Å². The lowest BCUT2D eigenvalue weighted by molar-refractivity contribution is -0.176. The number of fused-ring (bicyclic) bond motifs is 1. The van der Waals surface area contributed by atoms with Gasteiger partial charge in [0.15, 0.2) is 11.0 Å². The minimum atomic E-state index is -0.872. The van der Waals surface area contributed by atoms with Gasteiger partial charge in [-0.05, 0) is 66.0 Å². The Morgan fingerprint density at radius 3 is 2.66 bits per heavy atom. The highest BCUT2D eigenvalue weighted by atomic mass is 32.2. The van der Waals surface area contributed by atoms with Crippen molar-refractivity contribution < 1.29 is 14.3 Å². The summed E-state index contributed by atoms with van der Waals surface area (Å²) in [6.45, 7) is 12.3. The zero-order chi connectivity index (χ0) is 25.5. The molecule has 3 N–H and O–H groups in total. The summed E-state index contributed by atoms with van der Waals surface area (Å²) in [7, 11) is 0. The molecule has 1 saturated heterocycles. The molecule has 186 valence electrons. The topological polar surface area (TPSA) is 98.1 Å². The summed E-state index contributed by atoms with van der Waals surface area (Å²) in [5.74, 6) is -0.513. The molecule has 6 nitrogen and oxygen atoms in total. The largest absolute Gasteiger partial charge is 0.457 e. The van der Waals surface area contributed by atoms with Crippen LogP contribution in [0.5, 0.6) is 0 Å². The Kier molecular flexibility index (Phi) is 6.75. The molecule has 2 unspecified atom stereocenters. The van der Waals surface area contributed by atoms with E-state index >= 15 is 0 Å². The summed E-state index contributed by atoms with van der Waals surface area (Å²) >= 11 is 1.30. The fraction of sp³-hybridized carbons (Fsp3) is 0.464. The molecule has 0 amide bonds. The molecule has 1 aliphatic heterocycles. The third kappa shape index (κ3) is 4.96. The number of nitrogens with one attached hydrogen (secondary N) is 1. The van der Waals surface area contributed by atoms with E-state index in [1.807, 2.05) is 51.2 Å². The van der Waals surface area contributed by atoms with Crippen molar-refractivity contribution in [2.75, 3.05) is 5.73 Å². The van der Waals surface area contributed by atoms with Crippen LogP contribution in [0.15, 0.2) is 41.4 Å². The van der Waals surface area contributed by atoms with E-state index in [0.717, 1.165) is 32.5 Å². The summed E-state index contributed by atoms with van der Waals surface area (Å²) < 4.78 is 6.16. The number of carbonyl (C=O) groups excluding carboxylic acids is 2. The van der Waals surface area contributed by atoms with Crippen LogP contribution in [-0.2, 0) is 26.2 Å². The number of aromatic amines is 1. The average Bonchev–Trinajstić information content (AvgIpc) is 3.25. The highest BCUT2D eigenvalue weighted by Gasteiger charge is 2.49. The van der Waals surface area contributed by atoms with E-state index in [4.69, 9.17) is 10.5 Å². The molecule has 0 spiro atoms. The molecular formula is C28H35N3O3S. The molecular weight excluding hydrogens is 458 g/mol. The molecule has 1 aromatic heterocycles. The summed E-state index contributed by atoms with van der Waals surface area (Å²) in [4.78, 5) is 27.7. The van der Waals surface area contributed by atoms with Gasteiger partial charge in [-0.15, -0.1) is 11.8 Å². The SMILES string of the molecule is Cc1cc(SC2C(=O)CC(CCc3cccc4[nH]ncc34)(C(C)C)OC2=O)c(C(C)(C)C)cc1N. The van der Waals surface area contributed by atoms with Gasteiger partial charge in [-0.1, -0.05) is 46.8 Å². The number of nitrogens with zero attached hydrogens (tertiary/aromatic N) is 1. The maximum atomic E-state index is 13.5. The number of carbonyl (C=O) groups is 2. The first-order chi connectivity index (χ1) is 16.4. The molecule has 0 saturated carbocycles. The zero-order valence-corrected chi connectivity index (χ0v) is 22.2. The third-order valence-corrected chi connectivity index (χ3v) is 8.43. The van der Waals surface area contributed by atoms with Gasteiger partial charge in [0.25, 0.3) is 0 Å². The Bertz CT molecular complexity index is 1250. The number of H-pyrrole nitrogens is 1. The molecule has 1 fully saturated rings. The Labute approximate surface area is 211 Å². The Morgan fingerprint density at radius 1 is 1.26 bits per heavy atom. The van der Waals surface area contributed by atoms with Crippen molar-refractivity contribution >= 4 is 40.1 Å². The number of nitrogens with two attached hydrogens (primary N) is 1. The highest BCUT2D eigenvalue weighted by molar-refractivity contribution is 8.01. The average molecular weight is 494 g/mol. The van der Waals surface area contributed by atoms with Crippen molar-refractivity contribution in [3.05, 3.63) is 53.2 Å². The van der Waals surface area contributed by atoms with Gasteiger partial charge in [-0.2, -0.15) is 5.10 Å². The van der Waals surface area contributed by atoms with Crippen molar-refractivity contribution in [2.45, 2.75) is 82.0 Å². The van der Waals surface area contributed by atoms with E-state index in [0.29, 0.717) is 18.5 Å². The maximum Gasteiger partial charge on any atom is 0.327 e. The van der Waals surface area contributed by atoms with Crippen molar-refractivity contribution in [3.63, 3.8) is 0 Å². The molecule has 7 heteroatoms. The number of Topliss-reactive ketones (excluding diaryl/α,β-unsaturated/α-hetero) is 1. The number of anilines is 1. The van der Waals surface area contributed by atoms with Crippen LogP contribution in [0, 0.1) is 12.8 Å². The fourth-order valence-corrected chi connectivity index (χ4v) is 6.13. The minimum Gasteiger partial charge on any atom is -0.457 e. The van der Waals surface area contributed by atoms with Gasteiger partial charge in [0.05, 0.1) is 11.7 Å². The molecule has 0 radical (unpaired) electrons. The maximum absolute atomic E-state index is 13.5. The number of benzene rings is 2. The lowest BCUT2D eigenvalue weighted by Crippen LogP contribution is -2.52. The molecule has 2 heterocycles. The molecule has 4 rings (SSSR count). The first-order valence-electron chi connectivity index (χ1n) is 12.1. The normalized spacial score (nSPS) is 21.1. The van der Waals surface area contributed by atoms with E-state index in [1.165, 1.54) is 11.8 Å². The molecule has 0 aliphatic carbocycles. The van der Waals surface area contributed by atoms with Crippen molar-refractivity contribution in [2.24, 2.45) is 5.92 Å². The summed E-state index contributed by atoms with van der Waals surface area (Å²) in [5, 5.41) is 7.32. The van der Waals surface area contributed by atoms with Gasteiger partial charge in [-0.25, -0.2) is 0 Å². The summed E-state index contributed by atoms with van der Waals surface area (Å²) in [6, 6.07) is 9.99. The van der Waals surface area contributed by atoms with Crippen LogP contribution < -0.4 is 5.73 Å². The Balaban J connectivity index is 1.57. The van der Waals surface area contributed by atoms with Gasteiger partial charge in [0, 0.05) is 22.4 Å². The van der Waals surface area contributed by atoms with E-state index in [1.54, 1.807) is 0 Å². The fourth-order valence-electron chi connectivity index (χ4n) is 4.78. The number of aromatic nitrogens is 2. The lowest BCUT2D eigenvalue weighted by Gasteiger charge is -2.41. The monoisotopic (exact) mass is 493 g/mol. The molecule has 3 aromatic rings. The van der Waals surface area contributed by atoms with Gasteiger partial charge in [-0.3, -0.25) is 14.7 Å². The number of cyclic esters (lactones) is 1. The number of ether oxygens (including phenoxy) is 1. The number of ketones is 1.